The summed E-state index contributed by atoms with van der Waals surface area (Å²) < 4.78 is 14.8. The first kappa shape index (κ1) is 14.8. The van der Waals surface area contributed by atoms with Crippen LogP contribution in [0.25, 0.3) is 0 Å². The van der Waals surface area contributed by atoms with Gasteiger partial charge in [0.15, 0.2) is 0 Å². The van der Waals surface area contributed by atoms with Gasteiger partial charge in [0.05, 0.1) is 12.2 Å². The van der Waals surface area contributed by atoms with Crippen molar-refractivity contribution in [2.24, 2.45) is 0 Å². The summed E-state index contributed by atoms with van der Waals surface area (Å²) >= 11 is 0. The van der Waals surface area contributed by atoms with Crippen LogP contribution in [0.1, 0.15) is 43.7 Å². The molecule has 3 rings (SSSR count). The number of hydrogen-bond donors (Lipinski definition) is 1. The van der Waals surface area contributed by atoms with E-state index in [9.17, 15) is 9.18 Å². The molecule has 1 fully saturated rings. The molecule has 0 spiro atoms. The quantitative estimate of drug-likeness (QED) is 0.915. The molecule has 1 heterocycles. The van der Waals surface area contributed by atoms with Crippen LogP contribution >= 0.6 is 0 Å². The van der Waals surface area contributed by atoms with Gasteiger partial charge in [0.25, 0.3) is 0 Å². The monoisotopic (exact) mass is 301 g/mol. The summed E-state index contributed by atoms with van der Waals surface area (Å²) in [6.07, 6.45) is 7.41. The summed E-state index contributed by atoms with van der Waals surface area (Å²) in [6, 6.07) is 8.51. The Bertz CT molecular complexity index is 630. The number of aryl methyl sites for hydroxylation is 1. The van der Waals surface area contributed by atoms with Crippen molar-refractivity contribution in [1.82, 2.24) is 9.78 Å². The van der Waals surface area contributed by atoms with E-state index in [4.69, 9.17) is 0 Å². The summed E-state index contributed by atoms with van der Waals surface area (Å²) in [5.41, 5.74) is 0.959. The average Bonchev–Trinajstić information content (AvgIpc) is 3.17. The standard InChI is InChI=1S/C17H20FN3O/c18-14-8-5-13(6-9-14)7-10-17(22)20-16-11-12-19-21(16)15-3-1-2-4-15/h5-6,8-9,11-12,15H,1-4,7,10H2,(H,20,22). The Morgan fingerprint density at radius 3 is 2.68 bits per heavy atom. The fourth-order valence-electron chi connectivity index (χ4n) is 2.97. The maximum absolute atomic E-state index is 12.8. The molecule has 1 aromatic heterocycles. The van der Waals surface area contributed by atoms with Gasteiger partial charge in [-0.1, -0.05) is 25.0 Å². The Labute approximate surface area is 129 Å². The summed E-state index contributed by atoms with van der Waals surface area (Å²) in [5, 5.41) is 7.28. The molecule has 22 heavy (non-hydrogen) atoms. The van der Waals surface area contributed by atoms with Gasteiger partial charge >= 0.3 is 0 Å². The van der Waals surface area contributed by atoms with Crippen molar-refractivity contribution in [3.05, 3.63) is 47.9 Å². The van der Waals surface area contributed by atoms with Crippen LogP contribution in [0.5, 0.6) is 0 Å². The highest BCUT2D eigenvalue weighted by molar-refractivity contribution is 5.89. The molecule has 0 radical (unpaired) electrons. The molecule has 0 bridgehead atoms. The predicted molar refractivity (Wildman–Crippen MR) is 83.1 cm³/mol. The van der Waals surface area contributed by atoms with E-state index in [1.165, 1.54) is 25.0 Å². The zero-order chi connectivity index (χ0) is 15.4. The van der Waals surface area contributed by atoms with Crippen LogP contribution < -0.4 is 5.32 Å². The minimum Gasteiger partial charge on any atom is -0.311 e. The molecule has 1 aliphatic carbocycles. The van der Waals surface area contributed by atoms with Crippen LogP contribution in [-0.4, -0.2) is 15.7 Å². The molecule has 5 heteroatoms. The van der Waals surface area contributed by atoms with E-state index in [-0.39, 0.29) is 11.7 Å². The lowest BCUT2D eigenvalue weighted by atomic mass is 10.1. The van der Waals surface area contributed by atoms with Gasteiger partial charge in [-0.3, -0.25) is 4.79 Å². The highest BCUT2D eigenvalue weighted by atomic mass is 19.1. The average molecular weight is 301 g/mol. The molecule has 0 unspecified atom stereocenters. The van der Waals surface area contributed by atoms with Crippen LogP contribution in [0.3, 0.4) is 0 Å². The maximum atomic E-state index is 12.8. The third-order valence-electron chi connectivity index (χ3n) is 4.16. The molecular weight excluding hydrogens is 281 g/mol. The fraction of sp³-hybridized carbons (Fsp3) is 0.412. The van der Waals surface area contributed by atoms with E-state index in [0.717, 1.165) is 24.2 Å². The highest BCUT2D eigenvalue weighted by Crippen LogP contribution is 2.31. The van der Waals surface area contributed by atoms with Crippen molar-refractivity contribution < 1.29 is 9.18 Å². The molecule has 0 atom stereocenters. The first-order chi connectivity index (χ1) is 10.7. The number of carbonyl (C=O) groups is 1. The predicted octanol–water partition coefficient (Wildman–Crippen LogP) is 3.71. The molecule has 1 aromatic carbocycles. The lowest BCUT2D eigenvalue weighted by molar-refractivity contribution is -0.116. The molecular formula is C17H20FN3O. The summed E-state index contributed by atoms with van der Waals surface area (Å²) in [7, 11) is 0. The number of anilines is 1. The number of benzene rings is 1. The smallest absolute Gasteiger partial charge is 0.225 e. The molecule has 1 N–H and O–H groups in total. The van der Waals surface area contributed by atoms with E-state index < -0.39 is 0 Å². The highest BCUT2D eigenvalue weighted by Gasteiger charge is 2.20. The summed E-state index contributed by atoms with van der Waals surface area (Å²) in [4.78, 5) is 12.1. The minimum absolute atomic E-state index is 0.0379. The fourth-order valence-corrected chi connectivity index (χ4v) is 2.97. The number of carbonyl (C=O) groups excluding carboxylic acids is 1. The number of rotatable bonds is 5. The first-order valence-corrected chi connectivity index (χ1v) is 7.80. The van der Waals surface area contributed by atoms with Crippen LogP contribution in [0.2, 0.25) is 0 Å². The van der Waals surface area contributed by atoms with Crippen LogP contribution in [0.4, 0.5) is 10.2 Å². The number of amides is 1. The van der Waals surface area contributed by atoms with E-state index in [1.54, 1.807) is 18.3 Å². The van der Waals surface area contributed by atoms with Crippen molar-refractivity contribution in [2.45, 2.75) is 44.6 Å². The number of nitrogens with zero attached hydrogens (tertiary/aromatic N) is 2. The van der Waals surface area contributed by atoms with E-state index in [0.29, 0.717) is 18.9 Å². The number of aromatic nitrogens is 2. The molecule has 0 aliphatic heterocycles. The Hall–Kier alpha value is -2.17. The Balaban J connectivity index is 1.55. The molecule has 116 valence electrons. The zero-order valence-electron chi connectivity index (χ0n) is 12.5. The second-order valence-electron chi connectivity index (χ2n) is 5.77. The van der Waals surface area contributed by atoms with E-state index in [1.807, 2.05) is 10.7 Å². The van der Waals surface area contributed by atoms with Gasteiger partial charge in [-0.25, -0.2) is 9.07 Å². The maximum Gasteiger partial charge on any atom is 0.225 e. The Kier molecular flexibility index (Phi) is 4.51. The first-order valence-electron chi connectivity index (χ1n) is 7.80. The van der Waals surface area contributed by atoms with Crippen molar-refractivity contribution in [3.8, 4) is 0 Å². The van der Waals surface area contributed by atoms with Crippen LogP contribution in [0.15, 0.2) is 36.5 Å². The van der Waals surface area contributed by atoms with Crippen LogP contribution in [0, 0.1) is 5.82 Å². The van der Waals surface area contributed by atoms with Crippen molar-refractivity contribution in [2.75, 3.05) is 5.32 Å². The molecule has 2 aromatic rings. The number of halogens is 1. The second kappa shape index (κ2) is 6.73. The lowest BCUT2D eigenvalue weighted by Gasteiger charge is -2.14. The lowest BCUT2D eigenvalue weighted by Crippen LogP contribution is -2.17. The second-order valence-corrected chi connectivity index (χ2v) is 5.77. The van der Waals surface area contributed by atoms with Gasteiger partial charge in [-0.2, -0.15) is 5.10 Å². The molecule has 4 nitrogen and oxygen atoms in total. The molecule has 0 saturated heterocycles. The minimum atomic E-state index is -0.256. The zero-order valence-corrected chi connectivity index (χ0v) is 12.5. The largest absolute Gasteiger partial charge is 0.311 e. The Morgan fingerprint density at radius 1 is 1.23 bits per heavy atom. The van der Waals surface area contributed by atoms with E-state index in [2.05, 4.69) is 10.4 Å². The van der Waals surface area contributed by atoms with Gasteiger partial charge < -0.3 is 5.32 Å². The third kappa shape index (κ3) is 3.53. The third-order valence-corrected chi connectivity index (χ3v) is 4.16. The topological polar surface area (TPSA) is 46.9 Å². The van der Waals surface area contributed by atoms with E-state index >= 15 is 0 Å². The number of nitrogens with one attached hydrogen (secondary N) is 1. The van der Waals surface area contributed by atoms with Gasteiger partial charge in [0.2, 0.25) is 5.91 Å². The van der Waals surface area contributed by atoms with Gasteiger partial charge in [-0.15, -0.1) is 0 Å². The normalized spacial score (nSPS) is 15.1. The SMILES string of the molecule is O=C(CCc1ccc(F)cc1)Nc1ccnn1C1CCCC1. The van der Waals surface area contributed by atoms with Gasteiger partial charge in [0.1, 0.15) is 11.6 Å². The molecule has 1 aliphatic rings. The van der Waals surface area contributed by atoms with Gasteiger partial charge in [-0.05, 0) is 37.0 Å². The molecule has 1 saturated carbocycles. The summed E-state index contributed by atoms with van der Waals surface area (Å²) in [6.45, 7) is 0. The summed E-state index contributed by atoms with van der Waals surface area (Å²) in [5.74, 6) is 0.480. The van der Waals surface area contributed by atoms with Crippen molar-refractivity contribution in [3.63, 3.8) is 0 Å². The Morgan fingerprint density at radius 2 is 1.95 bits per heavy atom. The van der Waals surface area contributed by atoms with Crippen molar-refractivity contribution >= 4 is 11.7 Å². The van der Waals surface area contributed by atoms with Crippen molar-refractivity contribution in [1.29, 1.82) is 0 Å². The number of hydrogen-bond acceptors (Lipinski definition) is 2. The van der Waals surface area contributed by atoms with Crippen LogP contribution in [-0.2, 0) is 11.2 Å². The molecule has 1 amide bonds. The van der Waals surface area contributed by atoms with Gasteiger partial charge in [0, 0.05) is 12.5 Å².